The van der Waals surface area contributed by atoms with Crippen LogP contribution in [-0.4, -0.2) is 54.3 Å². The van der Waals surface area contributed by atoms with E-state index in [-0.39, 0.29) is 11.7 Å². The van der Waals surface area contributed by atoms with E-state index in [0.717, 1.165) is 55.3 Å². The molecule has 0 unspecified atom stereocenters. The first-order valence-corrected chi connectivity index (χ1v) is 11.0. The van der Waals surface area contributed by atoms with E-state index < -0.39 is 0 Å². The number of anilines is 1. The number of carbonyl (C=O) groups excluding carboxylic acids is 1. The fourth-order valence-corrected chi connectivity index (χ4v) is 5.33. The predicted molar refractivity (Wildman–Crippen MR) is 119 cm³/mol. The largest absolute Gasteiger partial charge is 0.351 e. The zero-order chi connectivity index (χ0) is 21.9. The number of H-pyrrole nitrogens is 1. The van der Waals surface area contributed by atoms with Crippen LogP contribution in [0.1, 0.15) is 32.6 Å². The van der Waals surface area contributed by atoms with Gasteiger partial charge in [0.25, 0.3) is 0 Å². The number of aromatic nitrogens is 5. The highest BCUT2D eigenvalue weighted by Crippen LogP contribution is 2.49. The number of fused-ring (bicyclic) bond motifs is 2. The van der Waals surface area contributed by atoms with Crippen molar-refractivity contribution >= 4 is 28.5 Å². The number of aromatic amines is 1. The van der Waals surface area contributed by atoms with Crippen molar-refractivity contribution in [2.75, 3.05) is 18.4 Å². The van der Waals surface area contributed by atoms with Crippen LogP contribution in [0.5, 0.6) is 0 Å². The lowest BCUT2D eigenvalue weighted by atomic mass is 9.60. The first-order chi connectivity index (χ1) is 15.5. The number of piperidine rings is 1. The van der Waals surface area contributed by atoms with Crippen molar-refractivity contribution in [2.45, 2.75) is 38.6 Å². The third kappa shape index (κ3) is 3.11. The van der Waals surface area contributed by atoms with Crippen LogP contribution in [0.4, 0.5) is 10.3 Å². The van der Waals surface area contributed by atoms with E-state index in [9.17, 15) is 9.18 Å². The number of hydrogen-bond donors (Lipinski definition) is 2. The average molecular weight is 433 g/mol. The van der Waals surface area contributed by atoms with Crippen LogP contribution in [-0.2, 0) is 4.79 Å². The molecule has 1 amide bonds. The summed E-state index contributed by atoms with van der Waals surface area (Å²) in [4.78, 5) is 29.9. The molecule has 1 spiro atoms. The molecule has 1 saturated carbocycles. The van der Waals surface area contributed by atoms with E-state index >= 15 is 0 Å². The van der Waals surface area contributed by atoms with E-state index in [2.05, 4.69) is 25.3 Å². The molecule has 1 aliphatic heterocycles. The number of likely N-dealkylation sites (tertiary alicyclic amines) is 1. The van der Waals surface area contributed by atoms with Gasteiger partial charge in [-0.3, -0.25) is 4.79 Å². The summed E-state index contributed by atoms with van der Waals surface area (Å²) in [5.41, 5.74) is 2.96. The minimum atomic E-state index is -0.367. The Labute approximate surface area is 183 Å². The molecule has 0 atom stereocenters. The number of nitrogens with zero attached hydrogens (tertiary/aromatic N) is 5. The molecule has 4 aromatic heterocycles. The van der Waals surface area contributed by atoms with E-state index in [0.29, 0.717) is 28.7 Å². The van der Waals surface area contributed by atoms with Gasteiger partial charge in [0, 0.05) is 73.6 Å². The standard InChI is InChI=1S/C23H24FN7O/c1-14(32)30-5-2-23(3-6-30)9-16(10-23)28-22-27-12-18-17(11-26-20(18)29-22)15-8-19(24)21-25-4-7-31(21)13-15/h4,7-8,11-13,16H,2-3,5-6,9-10H2,1H3,(H2,26,27,28,29). The normalized spacial score (nSPS) is 18.4. The van der Waals surface area contributed by atoms with Crippen molar-refractivity contribution in [1.29, 1.82) is 0 Å². The van der Waals surface area contributed by atoms with E-state index in [1.165, 1.54) is 6.07 Å². The molecule has 0 aromatic carbocycles. The Balaban J connectivity index is 1.17. The highest BCUT2D eigenvalue weighted by atomic mass is 19.1. The molecule has 2 fully saturated rings. The Morgan fingerprint density at radius 3 is 2.88 bits per heavy atom. The predicted octanol–water partition coefficient (Wildman–Crippen LogP) is 3.61. The van der Waals surface area contributed by atoms with Gasteiger partial charge in [-0.25, -0.2) is 14.4 Å². The number of halogens is 1. The SMILES string of the molecule is CC(=O)N1CCC2(CC1)CC(Nc1ncc3c(-c4cc(F)c5nccn5c4)c[nH]c3n1)C2. The summed E-state index contributed by atoms with van der Waals surface area (Å²) >= 11 is 0. The quantitative estimate of drug-likeness (QED) is 0.515. The van der Waals surface area contributed by atoms with Crippen molar-refractivity contribution in [1.82, 2.24) is 29.2 Å². The van der Waals surface area contributed by atoms with E-state index in [1.807, 2.05) is 17.3 Å². The molecule has 4 aromatic rings. The lowest BCUT2D eigenvalue weighted by molar-refractivity contribution is -0.132. The lowest BCUT2D eigenvalue weighted by Crippen LogP contribution is -2.52. The number of nitrogens with one attached hydrogen (secondary N) is 2. The Hall–Kier alpha value is -3.49. The highest BCUT2D eigenvalue weighted by Gasteiger charge is 2.46. The number of pyridine rings is 1. The molecule has 8 nitrogen and oxygen atoms in total. The molecule has 6 rings (SSSR count). The fraction of sp³-hybridized carbons (Fsp3) is 0.391. The van der Waals surface area contributed by atoms with Crippen LogP contribution in [0.3, 0.4) is 0 Å². The van der Waals surface area contributed by atoms with Gasteiger partial charge in [-0.15, -0.1) is 0 Å². The Bertz CT molecular complexity index is 1330. The second-order valence-electron chi connectivity index (χ2n) is 9.15. The molecule has 1 saturated heterocycles. The van der Waals surface area contributed by atoms with Crippen molar-refractivity contribution in [2.24, 2.45) is 5.41 Å². The van der Waals surface area contributed by atoms with Crippen LogP contribution in [0.25, 0.3) is 27.8 Å². The smallest absolute Gasteiger partial charge is 0.224 e. The van der Waals surface area contributed by atoms with Gasteiger partial charge >= 0.3 is 0 Å². The number of amides is 1. The molecule has 2 aliphatic rings. The zero-order valence-corrected chi connectivity index (χ0v) is 17.8. The van der Waals surface area contributed by atoms with Gasteiger partial charge in [0.15, 0.2) is 11.5 Å². The van der Waals surface area contributed by atoms with Crippen molar-refractivity contribution < 1.29 is 9.18 Å². The number of hydrogen-bond acceptors (Lipinski definition) is 5. The van der Waals surface area contributed by atoms with Crippen molar-refractivity contribution in [3.05, 3.63) is 42.9 Å². The van der Waals surface area contributed by atoms with E-state index in [4.69, 9.17) is 0 Å². The third-order valence-electron chi connectivity index (χ3n) is 7.15. The monoisotopic (exact) mass is 433 g/mol. The fourth-order valence-electron chi connectivity index (χ4n) is 5.33. The van der Waals surface area contributed by atoms with Crippen molar-refractivity contribution in [3.63, 3.8) is 0 Å². The molecular formula is C23H24FN7O. The Morgan fingerprint density at radius 1 is 1.28 bits per heavy atom. The number of rotatable bonds is 3. The average Bonchev–Trinajstić information content (AvgIpc) is 3.40. The zero-order valence-electron chi connectivity index (χ0n) is 17.8. The summed E-state index contributed by atoms with van der Waals surface area (Å²) in [6.07, 6.45) is 13.1. The first-order valence-electron chi connectivity index (χ1n) is 11.0. The number of imidazole rings is 1. The van der Waals surface area contributed by atoms with Crippen LogP contribution in [0.2, 0.25) is 0 Å². The number of carbonyl (C=O) groups is 1. The summed E-state index contributed by atoms with van der Waals surface area (Å²) in [6.45, 7) is 3.37. The molecule has 2 N–H and O–H groups in total. The van der Waals surface area contributed by atoms with Gasteiger partial charge in [-0.2, -0.15) is 4.98 Å². The molecule has 0 radical (unpaired) electrons. The van der Waals surface area contributed by atoms with Gasteiger partial charge in [0.1, 0.15) is 5.65 Å². The third-order valence-corrected chi connectivity index (χ3v) is 7.15. The van der Waals surface area contributed by atoms with Crippen LogP contribution in [0.15, 0.2) is 37.1 Å². The first kappa shape index (κ1) is 19.2. The minimum absolute atomic E-state index is 0.175. The molecule has 1 aliphatic carbocycles. The van der Waals surface area contributed by atoms with Gasteiger partial charge in [0.05, 0.1) is 0 Å². The van der Waals surface area contributed by atoms with Crippen molar-refractivity contribution in [3.8, 4) is 11.1 Å². The van der Waals surface area contributed by atoms with Crippen LogP contribution >= 0.6 is 0 Å². The Morgan fingerprint density at radius 2 is 2.09 bits per heavy atom. The lowest BCUT2D eigenvalue weighted by Gasteiger charge is -2.52. The second kappa shape index (κ2) is 7.01. The van der Waals surface area contributed by atoms with Gasteiger partial charge in [0.2, 0.25) is 11.9 Å². The van der Waals surface area contributed by atoms with Crippen LogP contribution < -0.4 is 5.32 Å². The maximum absolute atomic E-state index is 14.4. The molecular weight excluding hydrogens is 409 g/mol. The Kier molecular flexibility index (Phi) is 4.21. The summed E-state index contributed by atoms with van der Waals surface area (Å²) in [7, 11) is 0. The summed E-state index contributed by atoms with van der Waals surface area (Å²) in [5.74, 6) is 0.408. The minimum Gasteiger partial charge on any atom is -0.351 e. The molecule has 0 bridgehead atoms. The van der Waals surface area contributed by atoms with Gasteiger partial charge < -0.3 is 19.6 Å². The summed E-state index contributed by atoms with van der Waals surface area (Å²) in [6, 6.07) is 1.84. The molecule has 5 heterocycles. The van der Waals surface area contributed by atoms with Gasteiger partial charge in [-0.05, 0) is 37.2 Å². The van der Waals surface area contributed by atoms with E-state index in [1.54, 1.807) is 29.9 Å². The maximum Gasteiger partial charge on any atom is 0.224 e. The highest BCUT2D eigenvalue weighted by molar-refractivity contribution is 5.93. The summed E-state index contributed by atoms with van der Waals surface area (Å²) < 4.78 is 16.1. The van der Waals surface area contributed by atoms with Crippen LogP contribution in [0, 0.1) is 11.2 Å². The molecule has 32 heavy (non-hydrogen) atoms. The summed E-state index contributed by atoms with van der Waals surface area (Å²) in [5, 5.41) is 4.30. The second-order valence-corrected chi connectivity index (χ2v) is 9.15. The molecule has 164 valence electrons. The topological polar surface area (TPSA) is 91.2 Å². The molecule has 9 heteroatoms. The maximum atomic E-state index is 14.4. The van der Waals surface area contributed by atoms with Gasteiger partial charge in [-0.1, -0.05) is 0 Å².